The van der Waals surface area contributed by atoms with Gasteiger partial charge in [0.2, 0.25) is 0 Å². The Morgan fingerprint density at radius 2 is 1.93 bits per heavy atom. The molecule has 0 fully saturated rings. The number of anilines is 1. The van der Waals surface area contributed by atoms with Crippen LogP contribution in [-0.2, 0) is 0 Å². The van der Waals surface area contributed by atoms with Crippen molar-refractivity contribution in [2.45, 2.75) is 19.9 Å². The molecule has 15 heavy (non-hydrogen) atoms. The SMILES string of the molecule is CC(C)Nc1n[nH]c(=O)c2ccccc12. The Kier molecular flexibility index (Phi) is 2.41. The Labute approximate surface area is 87.3 Å². The van der Waals surface area contributed by atoms with E-state index in [2.05, 4.69) is 15.5 Å². The van der Waals surface area contributed by atoms with Crippen LogP contribution in [0.4, 0.5) is 5.82 Å². The number of nitrogens with one attached hydrogen (secondary N) is 2. The van der Waals surface area contributed by atoms with Crippen molar-refractivity contribution < 1.29 is 0 Å². The Balaban J connectivity index is 2.66. The zero-order chi connectivity index (χ0) is 10.8. The van der Waals surface area contributed by atoms with E-state index in [0.29, 0.717) is 5.39 Å². The van der Waals surface area contributed by atoms with Gasteiger partial charge in [-0.3, -0.25) is 4.79 Å². The summed E-state index contributed by atoms with van der Waals surface area (Å²) in [5.41, 5.74) is -0.153. The van der Waals surface area contributed by atoms with E-state index in [9.17, 15) is 4.79 Å². The van der Waals surface area contributed by atoms with Crippen LogP contribution in [0.5, 0.6) is 0 Å². The molecule has 1 aromatic heterocycles. The minimum Gasteiger partial charge on any atom is -0.366 e. The molecule has 2 aromatic rings. The number of aromatic nitrogens is 2. The molecule has 2 rings (SSSR count). The minimum atomic E-state index is -0.153. The molecule has 0 saturated carbocycles. The second-order valence-electron chi connectivity index (χ2n) is 3.75. The predicted octanol–water partition coefficient (Wildman–Crippen LogP) is 1.74. The number of aromatic amines is 1. The fourth-order valence-corrected chi connectivity index (χ4v) is 1.50. The molecule has 0 atom stereocenters. The van der Waals surface area contributed by atoms with Crippen molar-refractivity contribution in [2.24, 2.45) is 0 Å². The third-order valence-electron chi connectivity index (χ3n) is 2.12. The number of benzene rings is 1. The number of hydrogen-bond acceptors (Lipinski definition) is 3. The number of hydrogen-bond donors (Lipinski definition) is 2. The first-order chi connectivity index (χ1) is 7.18. The molecule has 0 amide bonds. The molecule has 78 valence electrons. The lowest BCUT2D eigenvalue weighted by Crippen LogP contribution is -2.16. The average Bonchev–Trinajstić information content (AvgIpc) is 2.22. The van der Waals surface area contributed by atoms with E-state index >= 15 is 0 Å². The Morgan fingerprint density at radius 3 is 2.60 bits per heavy atom. The lowest BCUT2D eigenvalue weighted by atomic mass is 10.2. The summed E-state index contributed by atoms with van der Waals surface area (Å²) in [5, 5.41) is 11.2. The second kappa shape index (κ2) is 3.73. The number of rotatable bonds is 2. The lowest BCUT2D eigenvalue weighted by molar-refractivity contribution is 0.875. The van der Waals surface area contributed by atoms with Crippen molar-refractivity contribution in [1.82, 2.24) is 10.2 Å². The van der Waals surface area contributed by atoms with Gasteiger partial charge >= 0.3 is 0 Å². The standard InChI is InChI=1S/C11H13N3O/c1-7(2)12-10-8-5-3-4-6-9(8)11(15)14-13-10/h3-7H,1-2H3,(H,12,13)(H,14,15). The first kappa shape index (κ1) is 9.71. The molecule has 0 saturated heterocycles. The summed E-state index contributed by atoms with van der Waals surface area (Å²) in [7, 11) is 0. The molecule has 1 aromatic carbocycles. The summed E-state index contributed by atoms with van der Waals surface area (Å²) >= 11 is 0. The molecule has 0 aliphatic rings. The summed E-state index contributed by atoms with van der Waals surface area (Å²) in [5.74, 6) is 0.722. The van der Waals surface area contributed by atoms with Crippen molar-refractivity contribution in [1.29, 1.82) is 0 Å². The summed E-state index contributed by atoms with van der Waals surface area (Å²) in [4.78, 5) is 11.5. The van der Waals surface area contributed by atoms with Gasteiger partial charge in [0, 0.05) is 11.4 Å². The highest BCUT2D eigenvalue weighted by Gasteiger charge is 2.05. The van der Waals surface area contributed by atoms with Gasteiger partial charge in [0.25, 0.3) is 5.56 Å². The largest absolute Gasteiger partial charge is 0.366 e. The van der Waals surface area contributed by atoms with E-state index < -0.39 is 0 Å². The van der Waals surface area contributed by atoms with Crippen molar-refractivity contribution in [2.75, 3.05) is 5.32 Å². The van der Waals surface area contributed by atoms with Crippen LogP contribution in [0.1, 0.15) is 13.8 Å². The molecule has 0 spiro atoms. The molecule has 4 heteroatoms. The summed E-state index contributed by atoms with van der Waals surface area (Å²) in [6, 6.07) is 7.71. The normalized spacial score (nSPS) is 10.9. The maximum atomic E-state index is 11.5. The molecular weight excluding hydrogens is 190 g/mol. The maximum Gasteiger partial charge on any atom is 0.272 e. The Hall–Kier alpha value is -1.84. The highest BCUT2D eigenvalue weighted by atomic mass is 16.1. The van der Waals surface area contributed by atoms with Gasteiger partial charge in [-0.2, -0.15) is 5.10 Å². The zero-order valence-corrected chi connectivity index (χ0v) is 8.74. The molecular formula is C11H13N3O. The fourth-order valence-electron chi connectivity index (χ4n) is 1.50. The monoisotopic (exact) mass is 203 g/mol. The van der Waals surface area contributed by atoms with Crippen molar-refractivity contribution >= 4 is 16.6 Å². The van der Waals surface area contributed by atoms with Crippen LogP contribution in [0.3, 0.4) is 0 Å². The van der Waals surface area contributed by atoms with Crippen LogP contribution in [0.25, 0.3) is 10.8 Å². The molecule has 0 unspecified atom stereocenters. The van der Waals surface area contributed by atoms with Crippen LogP contribution in [0.2, 0.25) is 0 Å². The molecule has 2 N–H and O–H groups in total. The van der Waals surface area contributed by atoms with Crippen molar-refractivity contribution in [3.8, 4) is 0 Å². The van der Waals surface area contributed by atoms with Crippen molar-refractivity contribution in [3.63, 3.8) is 0 Å². The van der Waals surface area contributed by atoms with Gasteiger partial charge in [-0.25, -0.2) is 5.10 Å². The topological polar surface area (TPSA) is 57.8 Å². The highest BCUT2D eigenvalue weighted by Crippen LogP contribution is 2.17. The third-order valence-corrected chi connectivity index (χ3v) is 2.12. The highest BCUT2D eigenvalue weighted by molar-refractivity contribution is 5.90. The molecule has 0 bridgehead atoms. The zero-order valence-electron chi connectivity index (χ0n) is 8.74. The van der Waals surface area contributed by atoms with Gasteiger partial charge in [-0.05, 0) is 19.9 Å². The second-order valence-corrected chi connectivity index (χ2v) is 3.75. The Morgan fingerprint density at radius 1 is 1.27 bits per heavy atom. The van der Waals surface area contributed by atoms with E-state index in [1.54, 1.807) is 6.07 Å². The van der Waals surface area contributed by atoms with Gasteiger partial charge in [0.15, 0.2) is 5.82 Å². The van der Waals surface area contributed by atoms with Gasteiger partial charge in [0.05, 0.1) is 5.39 Å². The van der Waals surface area contributed by atoms with E-state index in [4.69, 9.17) is 0 Å². The molecule has 1 heterocycles. The molecule has 0 radical (unpaired) electrons. The first-order valence-electron chi connectivity index (χ1n) is 4.92. The molecule has 4 nitrogen and oxygen atoms in total. The number of fused-ring (bicyclic) bond motifs is 1. The number of H-pyrrole nitrogens is 1. The molecule has 0 aliphatic carbocycles. The van der Waals surface area contributed by atoms with E-state index in [1.165, 1.54) is 0 Å². The van der Waals surface area contributed by atoms with Gasteiger partial charge < -0.3 is 5.32 Å². The van der Waals surface area contributed by atoms with E-state index in [1.807, 2.05) is 32.0 Å². The van der Waals surface area contributed by atoms with Crippen LogP contribution < -0.4 is 10.9 Å². The van der Waals surface area contributed by atoms with Gasteiger partial charge in [0.1, 0.15) is 0 Å². The van der Waals surface area contributed by atoms with Crippen molar-refractivity contribution in [3.05, 3.63) is 34.6 Å². The number of nitrogens with zero attached hydrogens (tertiary/aromatic N) is 1. The van der Waals surface area contributed by atoms with Crippen LogP contribution in [0.15, 0.2) is 29.1 Å². The van der Waals surface area contributed by atoms with Crippen LogP contribution in [-0.4, -0.2) is 16.2 Å². The fraction of sp³-hybridized carbons (Fsp3) is 0.273. The third kappa shape index (κ3) is 1.83. The maximum absolute atomic E-state index is 11.5. The first-order valence-corrected chi connectivity index (χ1v) is 4.92. The van der Waals surface area contributed by atoms with Crippen LogP contribution in [0, 0.1) is 0 Å². The van der Waals surface area contributed by atoms with E-state index in [0.717, 1.165) is 11.2 Å². The quantitative estimate of drug-likeness (QED) is 0.781. The van der Waals surface area contributed by atoms with Gasteiger partial charge in [-0.1, -0.05) is 18.2 Å². The summed E-state index contributed by atoms with van der Waals surface area (Å²) in [6.45, 7) is 4.06. The average molecular weight is 203 g/mol. The minimum absolute atomic E-state index is 0.153. The van der Waals surface area contributed by atoms with E-state index in [-0.39, 0.29) is 11.6 Å². The Bertz CT molecular complexity index is 531. The smallest absolute Gasteiger partial charge is 0.272 e. The lowest BCUT2D eigenvalue weighted by Gasteiger charge is -2.10. The summed E-state index contributed by atoms with van der Waals surface area (Å²) in [6.07, 6.45) is 0. The predicted molar refractivity (Wildman–Crippen MR) is 61.1 cm³/mol. The molecule has 0 aliphatic heterocycles. The van der Waals surface area contributed by atoms with Gasteiger partial charge in [-0.15, -0.1) is 0 Å². The summed E-state index contributed by atoms with van der Waals surface area (Å²) < 4.78 is 0. The van der Waals surface area contributed by atoms with Crippen LogP contribution >= 0.6 is 0 Å².